The molecule has 0 amide bonds. The molecule has 3 rings (SSSR count). The van der Waals surface area contributed by atoms with Crippen molar-refractivity contribution < 1.29 is 0 Å². The Morgan fingerprint density at radius 1 is 1.15 bits per heavy atom. The molecule has 110 valence electrons. The molecule has 2 nitrogen and oxygen atoms in total. The second kappa shape index (κ2) is 6.28. The lowest BCUT2D eigenvalue weighted by Crippen LogP contribution is -2.48. The predicted molar refractivity (Wildman–Crippen MR) is 85.0 cm³/mol. The summed E-state index contributed by atoms with van der Waals surface area (Å²) in [5, 5.41) is 3.77. The summed E-state index contributed by atoms with van der Waals surface area (Å²) in [6, 6.07) is 11.1. The van der Waals surface area contributed by atoms with Crippen LogP contribution in [0.1, 0.15) is 56.7 Å². The number of fused-ring (bicyclic) bond motifs is 1. The normalized spacial score (nSPS) is 25.8. The van der Waals surface area contributed by atoms with Gasteiger partial charge in [-0.25, -0.2) is 0 Å². The average Bonchev–Trinajstić information content (AvgIpc) is 3.30. The minimum absolute atomic E-state index is 0.525. The molecule has 1 N–H and O–H groups in total. The van der Waals surface area contributed by atoms with Crippen LogP contribution < -0.4 is 5.32 Å². The summed E-state index contributed by atoms with van der Waals surface area (Å²) in [6.45, 7) is 6.86. The van der Waals surface area contributed by atoms with Gasteiger partial charge in [-0.2, -0.15) is 0 Å². The lowest BCUT2D eigenvalue weighted by atomic mass is 9.83. The third-order valence-corrected chi connectivity index (χ3v) is 4.83. The van der Waals surface area contributed by atoms with Crippen LogP contribution in [0.2, 0.25) is 0 Å². The number of nitrogens with one attached hydrogen (secondary N) is 1. The van der Waals surface area contributed by atoms with Crippen LogP contribution >= 0.6 is 0 Å². The van der Waals surface area contributed by atoms with E-state index in [4.69, 9.17) is 0 Å². The van der Waals surface area contributed by atoms with Crippen molar-refractivity contribution in [2.24, 2.45) is 0 Å². The zero-order chi connectivity index (χ0) is 13.9. The van der Waals surface area contributed by atoms with Crippen LogP contribution in [0.15, 0.2) is 24.3 Å². The molecule has 2 aliphatic rings. The predicted octanol–water partition coefficient (Wildman–Crippen LogP) is 3.53. The van der Waals surface area contributed by atoms with Gasteiger partial charge < -0.3 is 5.32 Å². The first-order chi connectivity index (χ1) is 9.85. The first kappa shape index (κ1) is 14.1. The van der Waals surface area contributed by atoms with Crippen molar-refractivity contribution in [2.45, 2.75) is 64.1 Å². The van der Waals surface area contributed by atoms with Gasteiger partial charge in [0, 0.05) is 18.1 Å². The maximum absolute atomic E-state index is 3.77. The molecule has 0 spiro atoms. The molecule has 0 radical (unpaired) electrons. The molecule has 2 unspecified atom stereocenters. The molecule has 1 fully saturated rings. The number of aryl methyl sites for hydroxylation is 1. The topological polar surface area (TPSA) is 15.3 Å². The fourth-order valence-electron chi connectivity index (χ4n) is 3.85. The van der Waals surface area contributed by atoms with Gasteiger partial charge in [-0.15, -0.1) is 0 Å². The molecule has 20 heavy (non-hydrogen) atoms. The molecule has 0 bridgehead atoms. The summed E-state index contributed by atoms with van der Waals surface area (Å²) >= 11 is 0. The van der Waals surface area contributed by atoms with Crippen LogP contribution in [-0.4, -0.2) is 30.1 Å². The van der Waals surface area contributed by atoms with Crippen LogP contribution in [0.4, 0.5) is 0 Å². The van der Waals surface area contributed by atoms with Gasteiger partial charge >= 0.3 is 0 Å². The summed E-state index contributed by atoms with van der Waals surface area (Å²) in [5.41, 5.74) is 3.11. The maximum Gasteiger partial charge on any atom is 0.0481 e. The molecule has 1 aromatic rings. The number of likely N-dealkylation sites (N-methyl/N-ethyl adjacent to an activating group) is 1. The smallest absolute Gasteiger partial charge is 0.0481 e. The minimum atomic E-state index is 0.525. The first-order valence-electron chi connectivity index (χ1n) is 8.42. The van der Waals surface area contributed by atoms with Crippen molar-refractivity contribution in [3.63, 3.8) is 0 Å². The van der Waals surface area contributed by atoms with Gasteiger partial charge in [-0.1, -0.05) is 38.1 Å². The molecule has 2 heteroatoms. The van der Waals surface area contributed by atoms with Crippen LogP contribution in [0, 0.1) is 0 Å². The Morgan fingerprint density at radius 3 is 2.65 bits per heavy atom. The van der Waals surface area contributed by atoms with E-state index in [0.29, 0.717) is 12.1 Å². The number of nitrogens with zero attached hydrogens (tertiary/aromatic N) is 1. The second-order valence-corrected chi connectivity index (χ2v) is 6.31. The lowest BCUT2D eigenvalue weighted by Gasteiger charge is -2.41. The quantitative estimate of drug-likeness (QED) is 0.852. The van der Waals surface area contributed by atoms with Crippen LogP contribution in [0.5, 0.6) is 0 Å². The first-order valence-corrected chi connectivity index (χ1v) is 8.42. The van der Waals surface area contributed by atoms with E-state index >= 15 is 0 Å². The highest BCUT2D eigenvalue weighted by atomic mass is 15.2. The molecule has 1 aromatic carbocycles. The van der Waals surface area contributed by atoms with Crippen molar-refractivity contribution in [3.8, 4) is 0 Å². The average molecular weight is 272 g/mol. The monoisotopic (exact) mass is 272 g/mol. The fourth-order valence-corrected chi connectivity index (χ4v) is 3.85. The van der Waals surface area contributed by atoms with Gasteiger partial charge in [0.2, 0.25) is 0 Å². The number of rotatable bonds is 6. The van der Waals surface area contributed by atoms with Crippen LogP contribution in [-0.2, 0) is 6.42 Å². The molecule has 2 aliphatic carbocycles. The minimum Gasteiger partial charge on any atom is -0.309 e. The van der Waals surface area contributed by atoms with Crippen LogP contribution in [0.3, 0.4) is 0 Å². The standard InChI is InChI=1S/C18H28N2/c1-3-13-20(15-10-11-15)17-12-9-14-7-5-6-8-16(14)18(17)19-4-2/h5-8,15,17-19H,3-4,9-13H2,1-2H3. The molecule has 0 heterocycles. The van der Waals surface area contributed by atoms with E-state index < -0.39 is 0 Å². The number of hydrogen-bond acceptors (Lipinski definition) is 2. The summed E-state index contributed by atoms with van der Waals surface area (Å²) < 4.78 is 0. The number of benzene rings is 1. The molecule has 0 aromatic heterocycles. The lowest BCUT2D eigenvalue weighted by molar-refractivity contribution is 0.132. The molecule has 2 atom stereocenters. The molecule has 0 aliphatic heterocycles. The van der Waals surface area contributed by atoms with Crippen molar-refractivity contribution in [1.82, 2.24) is 10.2 Å². The maximum atomic E-state index is 3.77. The molecule has 0 saturated heterocycles. The Kier molecular flexibility index (Phi) is 4.42. The highest BCUT2D eigenvalue weighted by Crippen LogP contribution is 2.38. The van der Waals surface area contributed by atoms with Gasteiger partial charge in [0.15, 0.2) is 0 Å². The van der Waals surface area contributed by atoms with Crippen molar-refractivity contribution in [1.29, 1.82) is 0 Å². The fraction of sp³-hybridized carbons (Fsp3) is 0.667. The zero-order valence-corrected chi connectivity index (χ0v) is 12.9. The Bertz CT molecular complexity index is 439. The van der Waals surface area contributed by atoms with Gasteiger partial charge in [0.25, 0.3) is 0 Å². The summed E-state index contributed by atoms with van der Waals surface area (Å²) in [4.78, 5) is 2.81. The third-order valence-electron chi connectivity index (χ3n) is 4.83. The molecular formula is C18H28N2. The molecule has 1 saturated carbocycles. The van der Waals surface area contributed by atoms with Crippen molar-refractivity contribution >= 4 is 0 Å². The highest BCUT2D eigenvalue weighted by molar-refractivity contribution is 5.34. The van der Waals surface area contributed by atoms with Gasteiger partial charge in [-0.05, 0) is 56.3 Å². The summed E-state index contributed by atoms with van der Waals surface area (Å²) in [7, 11) is 0. The number of hydrogen-bond donors (Lipinski definition) is 1. The van der Waals surface area contributed by atoms with E-state index in [9.17, 15) is 0 Å². The Labute approximate surface area is 123 Å². The van der Waals surface area contributed by atoms with Gasteiger partial charge in [0.05, 0.1) is 0 Å². The van der Waals surface area contributed by atoms with E-state index in [1.165, 1.54) is 38.6 Å². The van der Waals surface area contributed by atoms with E-state index in [1.807, 2.05) is 0 Å². The summed E-state index contributed by atoms with van der Waals surface area (Å²) in [5.74, 6) is 0. The Balaban J connectivity index is 1.86. The second-order valence-electron chi connectivity index (χ2n) is 6.31. The van der Waals surface area contributed by atoms with Crippen LogP contribution in [0.25, 0.3) is 0 Å². The van der Waals surface area contributed by atoms with Crippen molar-refractivity contribution in [2.75, 3.05) is 13.1 Å². The Hall–Kier alpha value is -0.860. The Morgan fingerprint density at radius 2 is 1.95 bits per heavy atom. The van der Waals surface area contributed by atoms with Gasteiger partial charge in [-0.3, -0.25) is 4.90 Å². The summed E-state index contributed by atoms with van der Waals surface area (Å²) in [6.07, 6.45) is 6.66. The largest absolute Gasteiger partial charge is 0.309 e. The highest BCUT2D eigenvalue weighted by Gasteiger charge is 2.39. The zero-order valence-electron chi connectivity index (χ0n) is 12.9. The van der Waals surface area contributed by atoms with E-state index in [-0.39, 0.29) is 0 Å². The van der Waals surface area contributed by atoms with E-state index in [1.54, 1.807) is 11.1 Å². The molecular weight excluding hydrogens is 244 g/mol. The van der Waals surface area contributed by atoms with E-state index in [2.05, 4.69) is 48.3 Å². The SMILES string of the molecule is CCCN(C1CC1)C1CCc2ccccc2C1NCC. The van der Waals surface area contributed by atoms with E-state index in [0.717, 1.165) is 12.6 Å². The van der Waals surface area contributed by atoms with Crippen molar-refractivity contribution in [3.05, 3.63) is 35.4 Å². The third kappa shape index (κ3) is 2.77. The van der Waals surface area contributed by atoms with Gasteiger partial charge in [0.1, 0.15) is 0 Å².